The summed E-state index contributed by atoms with van der Waals surface area (Å²) in [5.74, 6) is 0.787. The van der Waals surface area contributed by atoms with Crippen LogP contribution < -0.4 is 10.2 Å². The molecule has 32 heavy (non-hydrogen) atoms. The highest BCUT2D eigenvalue weighted by atomic mass is 15.3. The molecule has 1 aliphatic heterocycles. The maximum Gasteiger partial charge on any atom is 0.165 e. The van der Waals surface area contributed by atoms with Crippen molar-refractivity contribution in [2.24, 2.45) is 0 Å². The number of hydrogen-bond acceptors (Lipinski definition) is 6. The lowest BCUT2D eigenvalue weighted by Gasteiger charge is -2.36. The van der Waals surface area contributed by atoms with Gasteiger partial charge in [0.05, 0.1) is 6.33 Å². The zero-order valence-electron chi connectivity index (χ0n) is 18.3. The number of aryl methyl sites for hydroxylation is 1. The first-order valence-corrected chi connectivity index (χ1v) is 11.3. The highest BCUT2D eigenvalue weighted by Crippen LogP contribution is 2.19. The quantitative estimate of drug-likeness (QED) is 0.463. The van der Waals surface area contributed by atoms with Gasteiger partial charge in [-0.05, 0) is 30.7 Å². The average molecular weight is 428 g/mol. The van der Waals surface area contributed by atoms with Crippen LogP contribution in [-0.2, 0) is 13.1 Å². The number of rotatable bonds is 8. The Morgan fingerprint density at radius 2 is 1.53 bits per heavy atom. The molecule has 0 bridgehead atoms. The van der Waals surface area contributed by atoms with Crippen LogP contribution in [-0.4, -0.2) is 57.1 Å². The third-order valence-corrected chi connectivity index (χ3v) is 6.07. The highest BCUT2D eigenvalue weighted by molar-refractivity contribution is 5.82. The number of benzene rings is 2. The Kier molecular flexibility index (Phi) is 6.25. The second-order valence-corrected chi connectivity index (χ2v) is 8.19. The first kappa shape index (κ1) is 20.5. The maximum absolute atomic E-state index is 4.60. The lowest BCUT2D eigenvalue weighted by Crippen LogP contribution is -2.46. The van der Waals surface area contributed by atoms with E-state index >= 15 is 0 Å². The molecule has 5 rings (SSSR count). The Labute approximate surface area is 188 Å². The van der Waals surface area contributed by atoms with Crippen molar-refractivity contribution in [3.8, 4) is 0 Å². The fourth-order valence-corrected chi connectivity index (χ4v) is 4.29. The van der Waals surface area contributed by atoms with Gasteiger partial charge in [-0.1, -0.05) is 48.5 Å². The van der Waals surface area contributed by atoms with Gasteiger partial charge >= 0.3 is 0 Å². The van der Waals surface area contributed by atoms with E-state index in [1.54, 1.807) is 6.33 Å². The Hall–Kier alpha value is -3.45. The summed E-state index contributed by atoms with van der Waals surface area (Å²) in [6.07, 6.45) is 4.59. The molecular formula is C25H29N7. The van der Waals surface area contributed by atoms with Crippen LogP contribution in [0.4, 0.5) is 11.5 Å². The lowest BCUT2D eigenvalue weighted by molar-refractivity contribution is 0.251. The number of imidazole rings is 1. The van der Waals surface area contributed by atoms with Crippen molar-refractivity contribution in [1.82, 2.24) is 24.4 Å². The molecule has 7 heteroatoms. The summed E-state index contributed by atoms with van der Waals surface area (Å²) in [5, 5.41) is 3.40. The summed E-state index contributed by atoms with van der Waals surface area (Å²) >= 11 is 0. The SMILES string of the molecule is c1ccc(CNc2ncnc3c2ncn3CCCN2CCN(c3ccccc3)CC2)cc1. The first-order valence-electron chi connectivity index (χ1n) is 11.3. The zero-order valence-corrected chi connectivity index (χ0v) is 18.3. The summed E-state index contributed by atoms with van der Waals surface area (Å²) in [7, 11) is 0. The van der Waals surface area contributed by atoms with E-state index in [2.05, 4.69) is 77.1 Å². The van der Waals surface area contributed by atoms with Gasteiger partial charge in [-0.3, -0.25) is 4.90 Å². The fourth-order valence-electron chi connectivity index (χ4n) is 4.29. The third kappa shape index (κ3) is 4.73. The van der Waals surface area contributed by atoms with E-state index in [4.69, 9.17) is 0 Å². The van der Waals surface area contributed by atoms with E-state index in [0.29, 0.717) is 0 Å². The number of hydrogen-bond donors (Lipinski definition) is 1. The molecule has 1 fully saturated rings. The fraction of sp³-hybridized carbons (Fsp3) is 0.320. The molecule has 0 spiro atoms. The van der Waals surface area contributed by atoms with Crippen LogP contribution in [0.2, 0.25) is 0 Å². The molecule has 0 amide bonds. The molecule has 7 nitrogen and oxygen atoms in total. The van der Waals surface area contributed by atoms with Crippen LogP contribution in [0.1, 0.15) is 12.0 Å². The molecule has 0 atom stereocenters. The second kappa shape index (κ2) is 9.78. The molecule has 0 saturated carbocycles. The van der Waals surface area contributed by atoms with Crippen LogP contribution in [0.3, 0.4) is 0 Å². The predicted octanol–water partition coefficient (Wildman–Crippen LogP) is 3.65. The van der Waals surface area contributed by atoms with Gasteiger partial charge in [-0.25, -0.2) is 15.0 Å². The molecule has 1 aliphatic rings. The van der Waals surface area contributed by atoms with Gasteiger partial charge in [0.1, 0.15) is 11.8 Å². The summed E-state index contributed by atoms with van der Waals surface area (Å²) in [4.78, 5) is 18.5. The summed E-state index contributed by atoms with van der Waals surface area (Å²) in [6.45, 7) is 7.10. The number of nitrogens with zero attached hydrogens (tertiary/aromatic N) is 6. The maximum atomic E-state index is 4.60. The van der Waals surface area contributed by atoms with Gasteiger partial charge in [0.25, 0.3) is 0 Å². The van der Waals surface area contributed by atoms with Crippen molar-refractivity contribution in [1.29, 1.82) is 0 Å². The van der Waals surface area contributed by atoms with Crippen LogP contribution in [0.5, 0.6) is 0 Å². The number of aromatic nitrogens is 4. The largest absolute Gasteiger partial charge is 0.369 e. The molecule has 2 aromatic heterocycles. The molecule has 164 valence electrons. The zero-order chi connectivity index (χ0) is 21.6. The summed E-state index contributed by atoms with van der Waals surface area (Å²) in [5.41, 5.74) is 4.27. The van der Waals surface area contributed by atoms with Crippen molar-refractivity contribution in [2.45, 2.75) is 19.5 Å². The van der Waals surface area contributed by atoms with E-state index < -0.39 is 0 Å². The molecule has 0 aliphatic carbocycles. The lowest BCUT2D eigenvalue weighted by atomic mass is 10.2. The average Bonchev–Trinajstić information content (AvgIpc) is 3.28. The van der Waals surface area contributed by atoms with E-state index in [9.17, 15) is 0 Å². The van der Waals surface area contributed by atoms with E-state index in [1.165, 1.54) is 11.3 Å². The second-order valence-electron chi connectivity index (χ2n) is 8.19. The van der Waals surface area contributed by atoms with Crippen LogP contribution in [0.15, 0.2) is 73.3 Å². The minimum atomic E-state index is 0.717. The summed E-state index contributed by atoms with van der Waals surface area (Å²) < 4.78 is 2.14. The smallest absolute Gasteiger partial charge is 0.165 e. The molecule has 0 unspecified atom stereocenters. The van der Waals surface area contributed by atoms with Crippen molar-refractivity contribution in [3.05, 3.63) is 78.9 Å². The van der Waals surface area contributed by atoms with Crippen LogP contribution >= 0.6 is 0 Å². The number of para-hydroxylation sites is 1. The van der Waals surface area contributed by atoms with Gasteiger partial charge in [0, 0.05) is 45.0 Å². The molecular weight excluding hydrogens is 398 g/mol. The van der Waals surface area contributed by atoms with Crippen molar-refractivity contribution < 1.29 is 0 Å². The van der Waals surface area contributed by atoms with Crippen molar-refractivity contribution in [2.75, 3.05) is 42.9 Å². The molecule has 3 heterocycles. The number of anilines is 2. The van der Waals surface area contributed by atoms with Gasteiger partial charge < -0.3 is 14.8 Å². The number of nitrogens with one attached hydrogen (secondary N) is 1. The minimum Gasteiger partial charge on any atom is -0.369 e. The Bertz CT molecular complexity index is 1120. The van der Waals surface area contributed by atoms with Crippen LogP contribution in [0, 0.1) is 0 Å². The molecule has 4 aromatic rings. The van der Waals surface area contributed by atoms with E-state index in [0.717, 1.165) is 69.2 Å². The molecule has 2 aromatic carbocycles. The standard InChI is InChI=1S/C25H29N7/c1-3-8-21(9-4-1)18-26-24-23-25(28-19-27-24)32(20-29-23)13-7-12-30-14-16-31(17-15-30)22-10-5-2-6-11-22/h1-6,8-11,19-20H,7,12-18H2,(H,26,27,28). The van der Waals surface area contributed by atoms with Gasteiger partial charge in [-0.15, -0.1) is 0 Å². The monoisotopic (exact) mass is 427 g/mol. The third-order valence-electron chi connectivity index (χ3n) is 6.07. The first-order chi connectivity index (χ1) is 15.9. The van der Waals surface area contributed by atoms with Gasteiger partial charge in [0.2, 0.25) is 0 Å². The summed E-state index contributed by atoms with van der Waals surface area (Å²) in [6, 6.07) is 21.0. The van der Waals surface area contributed by atoms with Gasteiger partial charge in [-0.2, -0.15) is 0 Å². The molecule has 0 radical (unpaired) electrons. The molecule has 1 N–H and O–H groups in total. The van der Waals surface area contributed by atoms with Gasteiger partial charge in [0.15, 0.2) is 11.5 Å². The van der Waals surface area contributed by atoms with E-state index in [1.807, 2.05) is 24.5 Å². The number of fused-ring (bicyclic) bond motifs is 1. The van der Waals surface area contributed by atoms with Crippen LogP contribution in [0.25, 0.3) is 11.2 Å². The normalized spacial score (nSPS) is 14.7. The van der Waals surface area contributed by atoms with E-state index in [-0.39, 0.29) is 0 Å². The predicted molar refractivity (Wildman–Crippen MR) is 129 cm³/mol. The van der Waals surface area contributed by atoms with Crippen molar-refractivity contribution in [3.63, 3.8) is 0 Å². The number of piperazine rings is 1. The Balaban J connectivity index is 1.14. The highest BCUT2D eigenvalue weighted by Gasteiger charge is 2.17. The minimum absolute atomic E-state index is 0.717. The van der Waals surface area contributed by atoms with Crippen molar-refractivity contribution >= 4 is 22.7 Å². The Morgan fingerprint density at radius 1 is 0.781 bits per heavy atom. The molecule has 1 saturated heterocycles. The Morgan fingerprint density at radius 3 is 2.31 bits per heavy atom. The topological polar surface area (TPSA) is 62.1 Å².